The number of hydrogen-bond acceptors (Lipinski definition) is 3. The number of ketones is 1. The molecular weight excluding hydrogens is 322 g/mol. The molecule has 1 unspecified atom stereocenters. The molecule has 0 aliphatic heterocycles. The lowest BCUT2D eigenvalue weighted by Gasteiger charge is -2.21. The Bertz CT molecular complexity index is 889. The first-order chi connectivity index (χ1) is 11.7. The van der Waals surface area contributed by atoms with Crippen molar-refractivity contribution in [3.8, 4) is 0 Å². The molecule has 1 aliphatic carbocycles. The summed E-state index contributed by atoms with van der Waals surface area (Å²) in [4.78, 5) is 12.0. The van der Waals surface area contributed by atoms with Crippen LogP contribution in [0.3, 0.4) is 0 Å². The van der Waals surface area contributed by atoms with Crippen LogP contribution in [0.25, 0.3) is 0 Å². The SMILES string of the molecule is O=C1CCc2ccc(NC(c3cn[nH]c3)c3ccccc3Cl)cc21. The number of aromatic amines is 1. The maximum absolute atomic E-state index is 12.0. The predicted octanol–water partition coefficient (Wildman–Crippen LogP) is 4.39. The minimum Gasteiger partial charge on any atom is -0.374 e. The molecule has 1 aliphatic rings. The van der Waals surface area contributed by atoms with Crippen LogP contribution in [-0.4, -0.2) is 16.0 Å². The Kier molecular flexibility index (Phi) is 3.82. The molecule has 0 spiro atoms. The molecule has 2 aromatic carbocycles. The van der Waals surface area contributed by atoms with Crippen molar-refractivity contribution < 1.29 is 4.79 Å². The number of Topliss-reactive ketones (excluding diaryl/α,β-unsaturated/α-hetero) is 1. The van der Waals surface area contributed by atoms with Crippen molar-refractivity contribution >= 4 is 23.1 Å². The number of nitrogens with one attached hydrogen (secondary N) is 2. The third-order valence-electron chi connectivity index (χ3n) is 4.41. The van der Waals surface area contributed by atoms with Crippen LogP contribution in [-0.2, 0) is 6.42 Å². The summed E-state index contributed by atoms with van der Waals surface area (Å²) in [6.45, 7) is 0. The van der Waals surface area contributed by atoms with Gasteiger partial charge in [0.15, 0.2) is 5.78 Å². The standard InChI is InChI=1S/C19H16ClN3O/c20-17-4-2-1-3-15(17)19(13-10-21-22-11-13)23-14-7-5-12-6-8-18(24)16(12)9-14/h1-5,7,9-11,19,23H,6,8H2,(H,21,22). The molecule has 4 nitrogen and oxygen atoms in total. The molecule has 4 rings (SSSR count). The second-order valence-corrected chi connectivity index (χ2v) is 6.33. The molecule has 0 saturated heterocycles. The van der Waals surface area contributed by atoms with E-state index in [1.165, 1.54) is 0 Å². The van der Waals surface area contributed by atoms with Gasteiger partial charge in [-0.2, -0.15) is 5.10 Å². The van der Waals surface area contributed by atoms with E-state index in [-0.39, 0.29) is 11.8 Å². The van der Waals surface area contributed by atoms with Crippen molar-refractivity contribution in [1.29, 1.82) is 0 Å². The Hall–Kier alpha value is -2.59. The second-order valence-electron chi connectivity index (χ2n) is 5.93. The molecule has 5 heteroatoms. The van der Waals surface area contributed by atoms with Crippen LogP contribution < -0.4 is 5.32 Å². The summed E-state index contributed by atoms with van der Waals surface area (Å²) in [5.41, 5.74) is 4.80. The van der Waals surface area contributed by atoms with E-state index in [9.17, 15) is 4.79 Å². The van der Waals surface area contributed by atoms with Crippen molar-refractivity contribution in [3.05, 3.63) is 82.1 Å². The molecule has 0 saturated carbocycles. The first-order valence-corrected chi connectivity index (χ1v) is 8.26. The summed E-state index contributed by atoms with van der Waals surface area (Å²) in [5.74, 6) is 0.214. The van der Waals surface area contributed by atoms with Gasteiger partial charge in [0.1, 0.15) is 0 Å². The quantitative estimate of drug-likeness (QED) is 0.742. The van der Waals surface area contributed by atoms with E-state index in [4.69, 9.17) is 11.6 Å². The van der Waals surface area contributed by atoms with E-state index in [2.05, 4.69) is 15.5 Å². The van der Waals surface area contributed by atoms with Gasteiger partial charge in [-0.25, -0.2) is 0 Å². The molecular formula is C19H16ClN3O. The highest BCUT2D eigenvalue weighted by molar-refractivity contribution is 6.31. The molecule has 24 heavy (non-hydrogen) atoms. The number of benzene rings is 2. The molecule has 0 bridgehead atoms. The Morgan fingerprint density at radius 2 is 2.04 bits per heavy atom. The summed E-state index contributed by atoms with van der Waals surface area (Å²) in [5, 5.41) is 11.1. The number of H-pyrrole nitrogens is 1. The summed E-state index contributed by atoms with van der Waals surface area (Å²) in [7, 11) is 0. The fourth-order valence-electron chi connectivity index (χ4n) is 3.16. The number of halogens is 1. The van der Waals surface area contributed by atoms with Gasteiger partial charge >= 0.3 is 0 Å². The second kappa shape index (κ2) is 6.13. The van der Waals surface area contributed by atoms with E-state index >= 15 is 0 Å². The number of rotatable bonds is 4. The average Bonchev–Trinajstić information content (AvgIpc) is 3.24. The molecule has 0 radical (unpaired) electrons. The van der Waals surface area contributed by atoms with Crippen LogP contribution in [0, 0.1) is 0 Å². The number of fused-ring (bicyclic) bond motifs is 1. The Morgan fingerprint density at radius 1 is 1.17 bits per heavy atom. The highest BCUT2D eigenvalue weighted by Gasteiger charge is 2.22. The molecule has 1 heterocycles. The van der Waals surface area contributed by atoms with Crippen LogP contribution >= 0.6 is 11.6 Å². The van der Waals surface area contributed by atoms with E-state index in [0.29, 0.717) is 11.4 Å². The zero-order valence-corrected chi connectivity index (χ0v) is 13.7. The van der Waals surface area contributed by atoms with Crippen LogP contribution in [0.15, 0.2) is 54.9 Å². The molecule has 2 N–H and O–H groups in total. The maximum atomic E-state index is 12.0. The third-order valence-corrected chi connectivity index (χ3v) is 4.76. The van der Waals surface area contributed by atoms with Gasteiger partial charge in [-0.15, -0.1) is 0 Å². The van der Waals surface area contributed by atoms with Crippen molar-refractivity contribution in [1.82, 2.24) is 10.2 Å². The number of hydrogen-bond donors (Lipinski definition) is 2. The van der Waals surface area contributed by atoms with E-state index in [0.717, 1.165) is 34.4 Å². The number of anilines is 1. The molecule has 0 fully saturated rings. The van der Waals surface area contributed by atoms with E-state index < -0.39 is 0 Å². The van der Waals surface area contributed by atoms with Gasteiger partial charge in [0.2, 0.25) is 0 Å². The summed E-state index contributed by atoms with van der Waals surface area (Å²) < 4.78 is 0. The van der Waals surface area contributed by atoms with Crippen LogP contribution in [0.5, 0.6) is 0 Å². The minimum atomic E-state index is -0.146. The van der Waals surface area contributed by atoms with Gasteiger partial charge in [0, 0.05) is 34.5 Å². The van der Waals surface area contributed by atoms with Gasteiger partial charge in [-0.1, -0.05) is 35.9 Å². The fraction of sp³-hybridized carbons (Fsp3) is 0.158. The molecule has 1 aromatic heterocycles. The van der Waals surface area contributed by atoms with Crippen molar-refractivity contribution in [2.24, 2.45) is 0 Å². The average molecular weight is 338 g/mol. The van der Waals surface area contributed by atoms with Gasteiger partial charge < -0.3 is 5.32 Å². The van der Waals surface area contributed by atoms with Gasteiger partial charge in [0.05, 0.1) is 12.2 Å². The van der Waals surface area contributed by atoms with Gasteiger partial charge in [0.25, 0.3) is 0 Å². The van der Waals surface area contributed by atoms with Crippen LogP contribution in [0.2, 0.25) is 5.02 Å². The summed E-state index contributed by atoms with van der Waals surface area (Å²) in [6, 6.07) is 13.6. The first-order valence-electron chi connectivity index (χ1n) is 7.88. The minimum absolute atomic E-state index is 0.146. The van der Waals surface area contributed by atoms with Crippen LogP contribution in [0.1, 0.15) is 39.5 Å². The molecule has 3 aromatic rings. The van der Waals surface area contributed by atoms with Crippen molar-refractivity contribution in [3.63, 3.8) is 0 Å². The lowest BCUT2D eigenvalue weighted by atomic mass is 10.0. The third kappa shape index (κ3) is 2.69. The Morgan fingerprint density at radius 3 is 2.83 bits per heavy atom. The number of aromatic nitrogens is 2. The lowest BCUT2D eigenvalue weighted by Crippen LogP contribution is -2.12. The number of aryl methyl sites for hydroxylation is 1. The molecule has 0 amide bonds. The zero-order valence-electron chi connectivity index (χ0n) is 12.9. The summed E-state index contributed by atoms with van der Waals surface area (Å²) in [6.07, 6.45) is 5.07. The Balaban J connectivity index is 1.72. The molecule has 1 atom stereocenters. The number of nitrogens with zero attached hydrogens (tertiary/aromatic N) is 1. The normalized spacial score (nSPS) is 14.5. The fourth-order valence-corrected chi connectivity index (χ4v) is 3.41. The number of carbonyl (C=O) groups is 1. The smallest absolute Gasteiger partial charge is 0.163 e. The monoisotopic (exact) mass is 337 g/mol. The molecule has 120 valence electrons. The first kappa shape index (κ1) is 15.0. The van der Waals surface area contributed by atoms with Crippen molar-refractivity contribution in [2.45, 2.75) is 18.9 Å². The lowest BCUT2D eigenvalue weighted by molar-refractivity contribution is 0.0994. The number of carbonyl (C=O) groups excluding carboxylic acids is 1. The Labute approximate surface area is 144 Å². The largest absolute Gasteiger partial charge is 0.374 e. The highest BCUT2D eigenvalue weighted by Crippen LogP contribution is 2.32. The van der Waals surface area contributed by atoms with Gasteiger partial charge in [-0.05, 0) is 35.7 Å². The van der Waals surface area contributed by atoms with E-state index in [1.807, 2.05) is 48.7 Å². The highest BCUT2D eigenvalue weighted by atomic mass is 35.5. The van der Waals surface area contributed by atoms with E-state index in [1.54, 1.807) is 6.20 Å². The predicted molar refractivity (Wildman–Crippen MR) is 94.6 cm³/mol. The maximum Gasteiger partial charge on any atom is 0.163 e. The van der Waals surface area contributed by atoms with Crippen LogP contribution in [0.4, 0.5) is 5.69 Å². The summed E-state index contributed by atoms with van der Waals surface area (Å²) >= 11 is 6.39. The topological polar surface area (TPSA) is 57.8 Å². The van der Waals surface area contributed by atoms with Crippen molar-refractivity contribution in [2.75, 3.05) is 5.32 Å². The van der Waals surface area contributed by atoms with Gasteiger partial charge in [-0.3, -0.25) is 9.89 Å². The zero-order chi connectivity index (χ0) is 16.5.